The van der Waals surface area contributed by atoms with E-state index in [2.05, 4.69) is 30.9 Å². The number of benzene rings is 1. The Bertz CT molecular complexity index is 395. The van der Waals surface area contributed by atoms with Crippen molar-refractivity contribution in [2.24, 2.45) is 11.5 Å². The van der Waals surface area contributed by atoms with Crippen molar-refractivity contribution >= 4 is 5.69 Å². The van der Waals surface area contributed by atoms with Crippen LogP contribution >= 0.6 is 0 Å². The smallest absolute Gasteiger partial charge is 0.0422 e. The van der Waals surface area contributed by atoms with E-state index < -0.39 is 0 Å². The molecule has 1 aliphatic heterocycles. The van der Waals surface area contributed by atoms with Crippen LogP contribution in [0.25, 0.3) is 0 Å². The van der Waals surface area contributed by atoms with Gasteiger partial charge in [-0.05, 0) is 49.4 Å². The molecular formula is C14H23N3. The lowest BCUT2D eigenvalue weighted by atomic mass is 9.97. The van der Waals surface area contributed by atoms with E-state index in [0.29, 0.717) is 6.54 Å². The van der Waals surface area contributed by atoms with Gasteiger partial charge < -0.3 is 16.4 Å². The molecule has 0 spiro atoms. The first kappa shape index (κ1) is 12.4. The second kappa shape index (κ2) is 5.07. The number of hydrogen-bond acceptors (Lipinski definition) is 3. The lowest BCUT2D eigenvalue weighted by Crippen LogP contribution is -2.23. The highest BCUT2D eigenvalue weighted by molar-refractivity contribution is 5.58. The van der Waals surface area contributed by atoms with Crippen molar-refractivity contribution in [3.8, 4) is 0 Å². The summed E-state index contributed by atoms with van der Waals surface area (Å²) in [6.45, 7) is 7.16. The number of rotatable bonds is 3. The summed E-state index contributed by atoms with van der Waals surface area (Å²) >= 11 is 0. The van der Waals surface area contributed by atoms with Gasteiger partial charge in [0.15, 0.2) is 0 Å². The van der Waals surface area contributed by atoms with Crippen molar-refractivity contribution < 1.29 is 0 Å². The SMILES string of the molecule is Cc1cc(N2CCCC2)c(C)cc1[C@@H](N)CN. The fourth-order valence-electron chi connectivity index (χ4n) is 2.65. The lowest BCUT2D eigenvalue weighted by Gasteiger charge is -2.23. The summed E-state index contributed by atoms with van der Waals surface area (Å²) in [7, 11) is 0. The van der Waals surface area contributed by atoms with Gasteiger partial charge in [-0.25, -0.2) is 0 Å². The van der Waals surface area contributed by atoms with Gasteiger partial charge in [0.1, 0.15) is 0 Å². The molecule has 1 heterocycles. The van der Waals surface area contributed by atoms with Crippen LogP contribution in [0.1, 0.15) is 35.6 Å². The molecule has 1 fully saturated rings. The third kappa shape index (κ3) is 2.45. The van der Waals surface area contributed by atoms with E-state index in [4.69, 9.17) is 11.5 Å². The molecule has 0 bridgehead atoms. The molecule has 0 amide bonds. The summed E-state index contributed by atoms with van der Waals surface area (Å²) < 4.78 is 0. The lowest BCUT2D eigenvalue weighted by molar-refractivity contribution is 0.730. The van der Waals surface area contributed by atoms with Crippen LogP contribution in [0.15, 0.2) is 12.1 Å². The van der Waals surface area contributed by atoms with Crippen LogP contribution in [-0.4, -0.2) is 19.6 Å². The molecular weight excluding hydrogens is 210 g/mol. The summed E-state index contributed by atoms with van der Waals surface area (Å²) in [6.07, 6.45) is 2.62. The Morgan fingerprint density at radius 1 is 1.18 bits per heavy atom. The Balaban J connectivity index is 2.33. The quantitative estimate of drug-likeness (QED) is 0.838. The van der Waals surface area contributed by atoms with Gasteiger partial charge in [-0.1, -0.05) is 6.07 Å². The molecule has 2 rings (SSSR count). The van der Waals surface area contributed by atoms with Gasteiger partial charge in [-0.2, -0.15) is 0 Å². The predicted molar refractivity (Wildman–Crippen MR) is 73.3 cm³/mol. The molecule has 1 atom stereocenters. The van der Waals surface area contributed by atoms with Crippen LogP contribution in [-0.2, 0) is 0 Å². The molecule has 1 aliphatic rings. The Morgan fingerprint density at radius 3 is 2.41 bits per heavy atom. The molecule has 0 unspecified atom stereocenters. The highest BCUT2D eigenvalue weighted by atomic mass is 15.1. The van der Waals surface area contributed by atoms with Crippen molar-refractivity contribution in [3.63, 3.8) is 0 Å². The van der Waals surface area contributed by atoms with E-state index in [-0.39, 0.29) is 6.04 Å². The summed E-state index contributed by atoms with van der Waals surface area (Å²) in [5, 5.41) is 0. The Morgan fingerprint density at radius 2 is 1.82 bits per heavy atom. The minimum Gasteiger partial charge on any atom is -0.371 e. The van der Waals surface area contributed by atoms with E-state index in [1.165, 1.54) is 48.3 Å². The molecule has 4 N–H and O–H groups in total. The number of anilines is 1. The van der Waals surface area contributed by atoms with Crippen molar-refractivity contribution in [3.05, 3.63) is 28.8 Å². The maximum atomic E-state index is 6.03. The fourth-order valence-corrected chi connectivity index (χ4v) is 2.65. The van der Waals surface area contributed by atoms with Crippen LogP contribution in [0.4, 0.5) is 5.69 Å². The zero-order chi connectivity index (χ0) is 12.4. The molecule has 1 aromatic rings. The molecule has 17 heavy (non-hydrogen) atoms. The Hall–Kier alpha value is -1.06. The minimum absolute atomic E-state index is 0.0404. The van der Waals surface area contributed by atoms with Crippen molar-refractivity contribution in [2.45, 2.75) is 32.7 Å². The number of nitrogens with zero attached hydrogens (tertiary/aromatic N) is 1. The van der Waals surface area contributed by atoms with Crippen LogP contribution in [0.5, 0.6) is 0 Å². The topological polar surface area (TPSA) is 55.3 Å². The average Bonchev–Trinajstić information content (AvgIpc) is 2.84. The normalized spacial score (nSPS) is 17.5. The second-order valence-electron chi connectivity index (χ2n) is 5.03. The van der Waals surface area contributed by atoms with E-state index in [9.17, 15) is 0 Å². The summed E-state index contributed by atoms with van der Waals surface area (Å²) in [5.41, 5.74) is 16.8. The Kier molecular flexibility index (Phi) is 3.69. The minimum atomic E-state index is -0.0404. The number of hydrogen-bond donors (Lipinski definition) is 2. The maximum absolute atomic E-state index is 6.03. The molecule has 3 nitrogen and oxygen atoms in total. The van der Waals surface area contributed by atoms with Crippen LogP contribution in [0.2, 0.25) is 0 Å². The molecule has 0 saturated carbocycles. The zero-order valence-electron chi connectivity index (χ0n) is 10.9. The zero-order valence-corrected chi connectivity index (χ0v) is 10.9. The molecule has 0 aliphatic carbocycles. The molecule has 0 radical (unpaired) electrons. The molecule has 94 valence electrons. The van der Waals surface area contributed by atoms with Gasteiger partial charge in [-0.3, -0.25) is 0 Å². The average molecular weight is 233 g/mol. The molecule has 1 saturated heterocycles. The summed E-state index contributed by atoms with van der Waals surface area (Å²) in [4.78, 5) is 2.47. The molecule has 1 aromatic carbocycles. The summed E-state index contributed by atoms with van der Waals surface area (Å²) in [6, 6.07) is 4.44. The number of aryl methyl sites for hydroxylation is 2. The van der Waals surface area contributed by atoms with Crippen LogP contribution < -0.4 is 16.4 Å². The first-order chi connectivity index (χ1) is 8.13. The van der Waals surface area contributed by atoms with E-state index in [0.717, 1.165) is 0 Å². The van der Waals surface area contributed by atoms with Crippen LogP contribution in [0.3, 0.4) is 0 Å². The van der Waals surface area contributed by atoms with Crippen molar-refractivity contribution in [2.75, 3.05) is 24.5 Å². The van der Waals surface area contributed by atoms with E-state index >= 15 is 0 Å². The Labute approximate surface area is 104 Å². The van der Waals surface area contributed by atoms with Gasteiger partial charge in [-0.15, -0.1) is 0 Å². The first-order valence-electron chi connectivity index (χ1n) is 6.45. The van der Waals surface area contributed by atoms with Crippen molar-refractivity contribution in [1.29, 1.82) is 0 Å². The molecule has 3 heteroatoms. The summed E-state index contributed by atoms with van der Waals surface area (Å²) in [5.74, 6) is 0. The van der Waals surface area contributed by atoms with Gasteiger partial charge in [0.2, 0.25) is 0 Å². The van der Waals surface area contributed by atoms with Crippen LogP contribution in [0, 0.1) is 13.8 Å². The monoisotopic (exact) mass is 233 g/mol. The molecule has 0 aromatic heterocycles. The third-order valence-electron chi connectivity index (χ3n) is 3.68. The van der Waals surface area contributed by atoms with Gasteiger partial charge in [0.25, 0.3) is 0 Å². The largest absolute Gasteiger partial charge is 0.371 e. The highest BCUT2D eigenvalue weighted by Gasteiger charge is 2.17. The van der Waals surface area contributed by atoms with Gasteiger partial charge in [0, 0.05) is 31.4 Å². The van der Waals surface area contributed by atoms with Gasteiger partial charge >= 0.3 is 0 Å². The standard InChI is InChI=1S/C14H23N3/c1-10-8-14(17-5-3-4-6-17)11(2)7-12(10)13(16)9-15/h7-8,13H,3-6,9,15-16H2,1-2H3/t13-/m0/s1. The van der Waals surface area contributed by atoms with Crippen molar-refractivity contribution in [1.82, 2.24) is 0 Å². The van der Waals surface area contributed by atoms with Gasteiger partial charge in [0.05, 0.1) is 0 Å². The fraction of sp³-hybridized carbons (Fsp3) is 0.571. The van der Waals surface area contributed by atoms with E-state index in [1.54, 1.807) is 0 Å². The maximum Gasteiger partial charge on any atom is 0.0422 e. The highest BCUT2D eigenvalue weighted by Crippen LogP contribution is 2.29. The first-order valence-corrected chi connectivity index (χ1v) is 6.45. The second-order valence-corrected chi connectivity index (χ2v) is 5.03. The predicted octanol–water partition coefficient (Wildman–Crippen LogP) is 1.86. The number of nitrogens with two attached hydrogens (primary N) is 2. The van der Waals surface area contributed by atoms with E-state index in [1.807, 2.05) is 0 Å². The third-order valence-corrected chi connectivity index (χ3v) is 3.68.